The van der Waals surface area contributed by atoms with Gasteiger partial charge in [-0.2, -0.15) is 0 Å². The minimum atomic E-state index is 1.03. The van der Waals surface area contributed by atoms with Crippen molar-refractivity contribution < 1.29 is 0 Å². The van der Waals surface area contributed by atoms with Gasteiger partial charge in [0.1, 0.15) is 0 Å². The van der Waals surface area contributed by atoms with Crippen LogP contribution in [0.1, 0.15) is 258 Å². The minimum absolute atomic E-state index is 1.03. The zero-order chi connectivity index (χ0) is 29.7. The van der Waals surface area contributed by atoms with Crippen molar-refractivity contribution in [2.45, 2.75) is 258 Å². The standard InChI is InChI=1S/C41H84/c1-4-7-9-11-13-15-17-18-19-20-21-22-23-24-25-26-27-29-31-33-35-37-40-41(38-6-3)39-36-34-32-30-28-16-14-12-10-8-5-2/h41H,4-40H2,1-3H3. The maximum atomic E-state index is 2.40. The molecule has 0 saturated carbocycles. The molecule has 41 heavy (non-hydrogen) atoms. The second-order valence-electron chi connectivity index (χ2n) is 14.2. The van der Waals surface area contributed by atoms with E-state index in [0.717, 1.165) is 5.92 Å². The molecule has 0 amide bonds. The van der Waals surface area contributed by atoms with Crippen LogP contribution in [0.4, 0.5) is 0 Å². The Balaban J connectivity index is 3.30. The Labute approximate surface area is 263 Å². The molecule has 0 aromatic carbocycles. The first-order valence-corrected chi connectivity index (χ1v) is 20.3. The van der Waals surface area contributed by atoms with Crippen molar-refractivity contribution in [3.8, 4) is 0 Å². The van der Waals surface area contributed by atoms with Gasteiger partial charge < -0.3 is 0 Å². The molecular weight excluding hydrogens is 492 g/mol. The molecule has 0 nitrogen and oxygen atoms in total. The molecule has 0 bridgehead atoms. The normalized spacial score (nSPS) is 12.4. The van der Waals surface area contributed by atoms with E-state index < -0.39 is 0 Å². The van der Waals surface area contributed by atoms with Crippen LogP contribution in [0, 0.1) is 5.92 Å². The Morgan fingerprint density at radius 3 is 0.585 bits per heavy atom. The van der Waals surface area contributed by atoms with Gasteiger partial charge in [-0.1, -0.05) is 258 Å². The predicted molar refractivity (Wildman–Crippen MR) is 191 cm³/mol. The number of unbranched alkanes of at least 4 members (excludes halogenated alkanes) is 31. The van der Waals surface area contributed by atoms with Crippen LogP contribution in [0.5, 0.6) is 0 Å². The summed E-state index contributed by atoms with van der Waals surface area (Å²) in [6.07, 6.45) is 54.8. The summed E-state index contributed by atoms with van der Waals surface area (Å²) >= 11 is 0. The van der Waals surface area contributed by atoms with Gasteiger partial charge in [0.25, 0.3) is 0 Å². The van der Waals surface area contributed by atoms with Crippen molar-refractivity contribution in [1.82, 2.24) is 0 Å². The van der Waals surface area contributed by atoms with E-state index in [1.807, 2.05) is 0 Å². The largest absolute Gasteiger partial charge is 0.0654 e. The van der Waals surface area contributed by atoms with E-state index in [1.54, 1.807) is 0 Å². The molecule has 0 heteroatoms. The fourth-order valence-corrected chi connectivity index (χ4v) is 6.98. The lowest BCUT2D eigenvalue weighted by Gasteiger charge is -2.16. The van der Waals surface area contributed by atoms with Crippen molar-refractivity contribution in [2.75, 3.05) is 0 Å². The molecule has 0 radical (unpaired) electrons. The highest BCUT2D eigenvalue weighted by molar-refractivity contribution is 4.61. The van der Waals surface area contributed by atoms with Crippen LogP contribution < -0.4 is 0 Å². The minimum Gasteiger partial charge on any atom is -0.0654 e. The van der Waals surface area contributed by atoms with Gasteiger partial charge in [0.15, 0.2) is 0 Å². The first kappa shape index (κ1) is 41.0. The van der Waals surface area contributed by atoms with Crippen LogP contribution in [0.2, 0.25) is 0 Å². The Bertz CT molecular complexity index is 426. The third-order valence-corrected chi connectivity index (χ3v) is 9.88. The van der Waals surface area contributed by atoms with Crippen LogP contribution in [0.25, 0.3) is 0 Å². The van der Waals surface area contributed by atoms with Crippen molar-refractivity contribution in [1.29, 1.82) is 0 Å². The molecule has 0 fully saturated rings. The first-order valence-electron chi connectivity index (χ1n) is 20.3. The number of hydrogen-bond acceptors (Lipinski definition) is 0. The molecule has 0 aromatic heterocycles. The molecule has 0 spiro atoms. The van der Waals surface area contributed by atoms with E-state index in [-0.39, 0.29) is 0 Å². The molecule has 1 unspecified atom stereocenters. The fraction of sp³-hybridized carbons (Fsp3) is 1.00. The van der Waals surface area contributed by atoms with Crippen LogP contribution in [-0.4, -0.2) is 0 Å². The summed E-state index contributed by atoms with van der Waals surface area (Å²) in [5.74, 6) is 1.03. The van der Waals surface area contributed by atoms with E-state index in [0.29, 0.717) is 0 Å². The summed E-state index contributed by atoms with van der Waals surface area (Å²) in [7, 11) is 0. The molecule has 0 aliphatic rings. The Morgan fingerprint density at radius 2 is 0.390 bits per heavy atom. The molecular formula is C41H84. The number of rotatable bonds is 37. The zero-order valence-electron chi connectivity index (χ0n) is 29.7. The average Bonchev–Trinajstić information content (AvgIpc) is 2.98. The first-order chi connectivity index (χ1) is 20.3. The summed E-state index contributed by atoms with van der Waals surface area (Å²) in [5.41, 5.74) is 0. The molecule has 0 N–H and O–H groups in total. The highest BCUT2D eigenvalue weighted by Gasteiger charge is 2.07. The summed E-state index contributed by atoms with van der Waals surface area (Å²) in [6, 6.07) is 0. The zero-order valence-corrected chi connectivity index (χ0v) is 29.7. The van der Waals surface area contributed by atoms with Crippen LogP contribution in [0.3, 0.4) is 0 Å². The molecule has 0 heterocycles. The lowest BCUT2D eigenvalue weighted by atomic mass is 9.90. The number of hydrogen-bond donors (Lipinski definition) is 0. The van der Waals surface area contributed by atoms with Gasteiger partial charge in [-0.05, 0) is 5.92 Å². The lowest BCUT2D eigenvalue weighted by Crippen LogP contribution is -2.00. The van der Waals surface area contributed by atoms with E-state index in [4.69, 9.17) is 0 Å². The second-order valence-corrected chi connectivity index (χ2v) is 14.2. The highest BCUT2D eigenvalue weighted by Crippen LogP contribution is 2.23. The highest BCUT2D eigenvalue weighted by atomic mass is 14.1. The summed E-state index contributed by atoms with van der Waals surface area (Å²) < 4.78 is 0. The van der Waals surface area contributed by atoms with Crippen molar-refractivity contribution in [3.05, 3.63) is 0 Å². The van der Waals surface area contributed by atoms with Gasteiger partial charge >= 0.3 is 0 Å². The third kappa shape index (κ3) is 36.1. The Hall–Kier alpha value is 0. The van der Waals surface area contributed by atoms with E-state index in [1.165, 1.54) is 238 Å². The van der Waals surface area contributed by atoms with Crippen molar-refractivity contribution >= 4 is 0 Å². The smallest absolute Gasteiger partial charge is 0.0414 e. The fourth-order valence-electron chi connectivity index (χ4n) is 6.98. The van der Waals surface area contributed by atoms with E-state index in [9.17, 15) is 0 Å². The summed E-state index contributed by atoms with van der Waals surface area (Å²) in [5, 5.41) is 0. The molecule has 248 valence electrons. The Morgan fingerprint density at radius 1 is 0.195 bits per heavy atom. The van der Waals surface area contributed by atoms with E-state index in [2.05, 4.69) is 20.8 Å². The molecule has 0 aromatic rings. The van der Waals surface area contributed by atoms with E-state index >= 15 is 0 Å². The van der Waals surface area contributed by atoms with Gasteiger partial charge in [0.05, 0.1) is 0 Å². The van der Waals surface area contributed by atoms with Crippen molar-refractivity contribution in [2.24, 2.45) is 5.92 Å². The van der Waals surface area contributed by atoms with Crippen LogP contribution in [-0.2, 0) is 0 Å². The second kappa shape index (κ2) is 38.0. The van der Waals surface area contributed by atoms with Gasteiger partial charge in [-0.25, -0.2) is 0 Å². The Kier molecular flexibility index (Phi) is 38.0. The third-order valence-electron chi connectivity index (χ3n) is 9.88. The molecule has 0 saturated heterocycles. The average molecular weight is 577 g/mol. The molecule has 0 aliphatic heterocycles. The van der Waals surface area contributed by atoms with Crippen molar-refractivity contribution in [3.63, 3.8) is 0 Å². The van der Waals surface area contributed by atoms with Gasteiger partial charge in [-0.15, -0.1) is 0 Å². The van der Waals surface area contributed by atoms with Gasteiger partial charge in [-0.3, -0.25) is 0 Å². The molecule has 1 atom stereocenters. The van der Waals surface area contributed by atoms with Gasteiger partial charge in [0, 0.05) is 0 Å². The SMILES string of the molecule is CCCCCCCCCCCCCCCCCCCCCCCCC(CCC)CCCCCCCCCCCCC. The maximum absolute atomic E-state index is 2.40. The summed E-state index contributed by atoms with van der Waals surface area (Å²) in [4.78, 5) is 0. The monoisotopic (exact) mass is 577 g/mol. The molecule has 0 rings (SSSR count). The lowest BCUT2D eigenvalue weighted by molar-refractivity contribution is 0.376. The quantitative estimate of drug-likeness (QED) is 0.0645. The summed E-state index contributed by atoms with van der Waals surface area (Å²) in [6.45, 7) is 7.02. The van der Waals surface area contributed by atoms with Crippen LogP contribution >= 0.6 is 0 Å². The van der Waals surface area contributed by atoms with Gasteiger partial charge in [0.2, 0.25) is 0 Å². The predicted octanol–water partition coefficient (Wildman–Crippen LogP) is 16.1. The topological polar surface area (TPSA) is 0 Å². The molecule has 0 aliphatic carbocycles. The van der Waals surface area contributed by atoms with Crippen LogP contribution in [0.15, 0.2) is 0 Å². The maximum Gasteiger partial charge on any atom is -0.0414 e.